The Bertz CT molecular complexity index is 625. The van der Waals surface area contributed by atoms with Crippen molar-refractivity contribution in [1.82, 2.24) is 4.90 Å². The summed E-state index contributed by atoms with van der Waals surface area (Å²) >= 11 is 7.67. The Morgan fingerprint density at radius 1 is 1.40 bits per heavy atom. The van der Waals surface area contributed by atoms with Crippen molar-refractivity contribution in [1.29, 1.82) is 0 Å². The number of hydrogen-bond donors (Lipinski definition) is 2. The second kappa shape index (κ2) is 6.15. The molecular formula is C14H16ClN3OS. The van der Waals surface area contributed by atoms with Gasteiger partial charge in [0.1, 0.15) is 0 Å². The molecule has 4 nitrogen and oxygen atoms in total. The Hall–Kier alpha value is -1.72. The van der Waals surface area contributed by atoms with Crippen LogP contribution in [0.4, 0.5) is 11.4 Å². The van der Waals surface area contributed by atoms with Gasteiger partial charge in [-0.2, -0.15) is 0 Å². The maximum Gasteiger partial charge on any atom is 0.254 e. The smallest absolute Gasteiger partial charge is 0.254 e. The number of halogens is 1. The molecule has 2 aromatic rings. The quantitative estimate of drug-likeness (QED) is 0.911. The predicted molar refractivity (Wildman–Crippen MR) is 85.5 cm³/mol. The molecule has 0 radical (unpaired) electrons. The first-order valence-electron chi connectivity index (χ1n) is 6.06. The van der Waals surface area contributed by atoms with Gasteiger partial charge in [0.15, 0.2) is 0 Å². The minimum absolute atomic E-state index is 0.116. The number of amides is 1. The van der Waals surface area contributed by atoms with Gasteiger partial charge in [-0.25, -0.2) is 0 Å². The van der Waals surface area contributed by atoms with E-state index in [9.17, 15) is 4.79 Å². The van der Waals surface area contributed by atoms with Crippen LogP contribution in [0, 0.1) is 0 Å². The maximum atomic E-state index is 12.0. The van der Waals surface area contributed by atoms with Crippen molar-refractivity contribution in [3.8, 4) is 0 Å². The first-order valence-corrected chi connectivity index (χ1v) is 7.31. The van der Waals surface area contributed by atoms with E-state index in [4.69, 9.17) is 17.3 Å². The SMILES string of the molecule is CN(C)C(=O)c1cc(NCc2sccc2N)ccc1Cl. The number of hydrogen-bond acceptors (Lipinski definition) is 4. The molecular weight excluding hydrogens is 294 g/mol. The molecule has 0 atom stereocenters. The summed E-state index contributed by atoms with van der Waals surface area (Å²) in [7, 11) is 3.40. The van der Waals surface area contributed by atoms with Gasteiger partial charge < -0.3 is 16.0 Å². The van der Waals surface area contributed by atoms with Crippen LogP contribution >= 0.6 is 22.9 Å². The zero-order valence-electron chi connectivity index (χ0n) is 11.3. The highest BCUT2D eigenvalue weighted by Crippen LogP contribution is 2.24. The van der Waals surface area contributed by atoms with Crippen LogP contribution in [0.25, 0.3) is 0 Å². The number of nitrogens with zero attached hydrogens (tertiary/aromatic N) is 1. The van der Waals surface area contributed by atoms with E-state index >= 15 is 0 Å². The lowest BCUT2D eigenvalue weighted by Gasteiger charge is -2.13. The largest absolute Gasteiger partial charge is 0.398 e. The molecule has 0 spiro atoms. The summed E-state index contributed by atoms with van der Waals surface area (Å²) < 4.78 is 0. The van der Waals surface area contributed by atoms with E-state index < -0.39 is 0 Å². The molecule has 0 aliphatic rings. The minimum Gasteiger partial charge on any atom is -0.398 e. The first-order chi connectivity index (χ1) is 9.49. The average Bonchev–Trinajstić information content (AvgIpc) is 2.82. The predicted octanol–water partition coefficient (Wildman–Crippen LogP) is 3.30. The van der Waals surface area contributed by atoms with Crippen molar-refractivity contribution in [2.45, 2.75) is 6.54 Å². The fraction of sp³-hybridized carbons (Fsp3) is 0.214. The Balaban J connectivity index is 2.15. The molecule has 1 aromatic heterocycles. The lowest BCUT2D eigenvalue weighted by atomic mass is 10.1. The number of nitrogen functional groups attached to an aromatic ring is 1. The molecule has 1 heterocycles. The van der Waals surface area contributed by atoms with Crippen LogP contribution in [0.3, 0.4) is 0 Å². The Morgan fingerprint density at radius 3 is 2.75 bits per heavy atom. The van der Waals surface area contributed by atoms with Gasteiger partial charge in [0.05, 0.1) is 17.1 Å². The Kier molecular flexibility index (Phi) is 4.52. The van der Waals surface area contributed by atoms with E-state index in [1.807, 2.05) is 17.5 Å². The van der Waals surface area contributed by atoms with Gasteiger partial charge >= 0.3 is 0 Å². The van der Waals surface area contributed by atoms with Crippen LogP contribution in [0.15, 0.2) is 29.6 Å². The number of nitrogens with two attached hydrogens (primary N) is 1. The van der Waals surface area contributed by atoms with Crippen LogP contribution in [0.5, 0.6) is 0 Å². The van der Waals surface area contributed by atoms with Crippen LogP contribution in [0.1, 0.15) is 15.2 Å². The third-order valence-electron chi connectivity index (χ3n) is 2.84. The molecule has 1 amide bonds. The van der Waals surface area contributed by atoms with E-state index in [0.29, 0.717) is 17.1 Å². The molecule has 20 heavy (non-hydrogen) atoms. The van der Waals surface area contributed by atoms with Crippen molar-refractivity contribution >= 4 is 40.2 Å². The normalized spacial score (nSPS) is 10.3. The fourth-order valence-corrected chi connectivity index (χ4v) is 2.65. The van der Waals surface area contributed by atoms with E-state index in [2.05, 4.69) is 5.32 Å². The van der Waals surface area contributed by atoms with Crippen molar-refractivity contribution in [3.63, 3.8) is 0 Å². The van der Waals surface area contributed by atoms with Crippen molar-refractivity contribution in [2.24, 2.45) is 0 Å². The molecule has 0 saturated heterocycles. The zero-order valence-corrected chi connectivity index (χ0v) is 12.9. The monoisotopic (exact) mass is 309 g/mol. The number of carbonyl (C=O) groups is 1. The first kappa shape index (κ1) is 14.7. The minimum atomic E-state index is -0.116. The number of rotatable bonds is 4. The summed E-state index contributed by atoms with van der Waals surface area (Å²) in [4.78, 5) is 14.6. The van der Waals surface area contributed by atoms with Gasteiger partial charge in [-0.15, -0.1) is 11.3 Å². The molecule has 0 fully saturated rings. The van der Waals surface area contributed by atoms with E-state index in [-0.39, 0.29) is 5.91 Å². The highest BCUT2D eigenvalue weighted by molar-refractivity contribution is 7.10. The van der Waals surface area contributed by atoms with Crippen molar-refractivity contribution in [2.75, 3.05) is 25.1 Å². The number of thiophene rings is 1. The molecule has 0 unspecified atom stereocenters. The molecule has 3 N–H and O–H groups in total. The molecule has 2 rings (SSSR count). The molecule has 0 aliphatic heterocycles. The van der Waals surface area contributed by atoms with Crippen LogP contribution in [-0.4, -0.2) is 24.9 Å². The van der Waals surface area contributed by atoms with Crippen LogP contribution in [0.2, 0.25) is 5.02 Å². The lowest BCUT2D eigenvalue weighted by molar-refractivity contribution is 0.0828. The maximum absolute atomic E-state index is 12.0. The lowest BCUT2D eigenvalue weighted by Crippen LogP contribution is -2.22. The van der Waals surface area contributed by atoms with Gasteiger partial charge in [-0.05, 0) is 29.6 Å². The third kappa shape index (κ3) is 3.23. The van der Waals surface area contributed by atoms with E-state index in [0.717, 1.165) is 16.3 Å². The number of anilines is 2. The van der Waals surface area contributed by atoms with Gasteiger partial charge in [-0.3, -0.25) is 4.79 Å². The summed E-state index contributed by atoms with van der Waals surface area (Å²) in [6, 6.07) is 7.20. The van der Waals surface area contributed by atoms with E-state index in [1.54, 1.807) is 37.6 Å². The summed E-state index contributed by atoms with van der Waals surface area (Å²) in [5.74, 6) is -0.116. The van der Waals surface area contributed by atoms with E-state index in [1.165, 1.54) is 4.90 Å². The summed E-state index contributed by atoms with van der Waals surface area (Å²) in [6.07, 6.45) is 0. The number of carbonyl (C=O) groups excluding carboxylic acids is 1. The molecule has 106 valence electrons. The fourth-order valence-electron chi connectivity index (χ4n) is 1.72. The number of nitrogens with one attached hydrogen (secondary N) is 1. The van der Waals surface area contributed by atoms with Crippen molar-refractivity contribution in [3.05, 3.63) is 45.1 Å². The Labute approximate surface area is 127 Å². The molecule has 0 bridgehead atoms. The molecule has 0 saturated carbocycles. The van der Waals surface area contributed by atoms with Crippen LogP contribution in [-0.2, 0) is 6.54 Å². The zero-order chi connectivity index (χ0) is 14.7. The topological polar surface area (TPSA) is 58.4 Å². The highest BCUT2D eigenvalue weighted by atomic mass is 35.5. The van der Waals surface area contributed by atoms with Gasteiger partial charge in [0.25, 0.3) is 5.91 Å². The summed E-state index contributed by atoms with van der Waals surface area (Å²) in [5, 5.41) is 5.65. The standard InChI is InChI=1S/C14H16ClN3OS/c1-18(2)14(19)10-7-9(3-4-11(10)15)17-8-13-12(16)5-6-20-13/h3-7,17H,8,16H2,1-2H3. The molecule has 1 aromatic carbocycles. The Morgan fingerprint density at radius 2 is 2.15 bits per heavy atom. The second-order valence-corrected chi connectivity index (χ2v) is 5.95. The van der Waals surface area contributed by atoms with Crippen LogP contribution < -0.4 is 11.1 Å². The average molecular weight is 310 g/mol. The highest BCUT2D eigenvalue weighted by Gasteiger charge is 2.13. The van der Waals surface area contributed by atoms with Gasteiger partial charge in [-0.1, -0.05) is 11.6 Å². The van der Waals surface area contributed by atoms with Gasteiger partial charge in [0.2, 0.25) is 0 Å². The summed E-state index contributed by atoms with van der Waals surface area (Å²) in [6.45, 7) is 0.626. The summed E-state index contributed by atoms with van der Waals surface area (Å²) in [5.41, 5.74) is 7.94. The van der Waals surface area contributed by atoms with Gasteiger partial charge in [0, 0.05) is 30.3 Å². The molecule has 6 heteroatoms. The van der Waals surface area contributed by atoms with Crippen molar-refractivity contribution < 1.29 is 4.79 Å². The third-order valence-corrected chi connectivity index (χ3v) is 4.10. The number of benzene rings is 1. The second-order valence-electron chi connectivity index (χ2n) is 4.55. The molecule has 0 aliphatic carbocycles.